The molecule has 15 heteroatoms. The first kappa shape index (κ1) is 45.0. The molecule has 0 fully saturated rings. The van der Waals surface area contributed by atoms with Crippen molar-refractivity contribution in [2.45, 2.75) is 13.8 Å². The van der Waals surface area contributed by atoms with E-state index >= 15 is 0 Å². The first-order valence-electron chi connectivity index (χ1n) is 16.0. The number of rotatable bonds is 38. The maximum atomic E-state index is 11.2. The molecule has 0 bridgehead atoms. The number of hydrogen-bond donors (Lipinski definition) is 0. The Morgan fingerprint density at radius 1 is 0.298 bits per heavy atom. The molecule has 0 amide bonds. The van der Waals surface area contributed by atoms with Crippen LogP contribution in [-0.4, -0.2) is 171 Å². The third kappa shape index (κ3) is 36.7. The van der Waals surface area contributed by atoms with Crippen LogP contribution in [-0.2, 0) is 71.2 Å². The summed E-state index contributed by atoms with van der Waals surface area (Å²) < 4.78 is 69.3. The fraction of sp³-hybridized carbons (Fsp3) is 0.812. The molecule has 0 aliphatic rings. The quantitative estimate of drug-likeness (QED) is 0.0523. The van der Waals surface area contributed by atoms with E-state index in [0.29, 0.717) is 156 Å². The standard InChI is InChI=1S/C32H58O15/c1-29(2)31(33)46-27-25-44-23-21-42-19-17-40-15-13-38-11-9-36-7-5-35-6-8-37-10-12-39-14-16-41-18-20-43-22-24-45-26-28-47-32(34)30(3)4/h1,3,5-28H2,2,4H3. The Labute approximate surface area is 279 Å². The molecule has 0 saturated heterocycles. The second-order valence-electron chi connectivity index (χ2n) is 9.57. The van der Waals surface area contributed by atoms with Crippen LogP contribution in [0, 0.1) is 0 Å². The van der Waals surface area contributed by atoms with Crippen molar-refractivity contribution in [3.8, 4) is 0 Å². The molecule has 0 aliphatic heterocycles. The summed E-state index contributed by atoms with van der Waals surface area (Å²) in [5.41, 5.74) is 0.732. The molecule has 47 heavy (non-hydrogen) atoms. The summed E-state index contributed by atoms with van der Waals surface area (Å²) in [6, 6.07) is 0. The Hall–Kier alpha value is -2.02. The molecule has 0 unspecified atom stereocenters. The van der Waals surface area contributed by atoms with E-state index in [1.54, 1.807) is 13.8 Å². The zero-order valence-corrected chi connectivity index (χ0v) is 28.5. The van der Waals surface area contributed by atoms with Crippen molar-refractivity contribution in [2.24, 2.45) is 0 Å². The molecule has 0 heterocycles. The lowest BCUT2D eigenvalue weighted by Gasteiger charge is -2.09. The zero-order chi connectivity index (χ0) is 34.5. The van der Waals surface area contributed by atoms with Crippen LogP contribution in [0.5, 0.6) is 0 Å². The molecule has 0 aromatic heterocycles. The van der Waals surface area contributed by atoms with E-state index in [1.807, 2.05) is 0 Å². The van der Waals surface area contributed by atoms with Crippen molar-refractivity contribution >= 4 is 11.9 Å². The molecule has 0 saturated carbocycles. The van der Waals surface area contributed by atoms with Crippen molar-refractivity contribution in [1.29, 1.82) is 0 Å². The zero-order valence-electron chi connectivity index (χ0n) is 28.5. The van der Waals surface area contributed by atoms with Crippen molar-refractivity contribution in [1.82, 2.24) is 0 Å². The Kier molecular flexibility index (Phi) is 35.2. The summed E-state index contributed by atoms with van der Waals surface area (Å²) in [5, 5.41) is 0. The van der Waals surface area contributed by atoms with E-state index in [2.05, 4.69) is 13.2 Å². The monoisotopic (exact) mass is 682 g/mol. The molecular formula is C32H58O15. The average molecular weight is 683 g/mol. The SMILES string of the molecule is C=C(C)C(=O)OCCOCCOCCOCCOCCOCCOCCOCCOCCOCCOCCOCCOC(=O)C(=C)C. The van der Waals surface area contributed by atoms with Gasteiger partial charge in [-0.25, -0.2) is 9.59 Å². The van der Waals surface area contributed by atoms with Gasteiger partial charge in [0.25, 0.3) is 0 Å². The minimum absolute atomic E-state index is 0.194. The van der Waals surface area contributed by atoms with E-state index in [9.17, 15) is 9.59 Å². The lowest BCUT2D eigenvalue weighted by Crippen LogP contribution is -2.16. The molecule has 0 aliphatic carbocycles. The molecule has 15 nitrogen and oxygen atoms in total. The Bertz CT molecular complexity index is 690. The number of carbonyl (C=O) groups excluding carboxylic acids is 2. The van der Waals surface area contributed by atoms with Gasteiger partial charge in [-0.3, -0.25) is 0 Å². The van der Waals surface area contributed by atoms with Crippen molar-refractivity contribution < 1.29 is 71.2 Å². The highest BCUT2D eigenvalue weighted by Gasteiger charge is 2.03. The summed E-state index contributed by atoms with van der Waals surface area (Å²) in [7, 11) is 0. The van der Waals surface area contributed by atoms with Crippen LogP contribution in [0.1, 0.15) is 13.8 Å². The van der Waals surface area contributed by atoms with Crippen LogP contribution < -0.4 is 0 Å². The second kappa shape index (κ2) is 36.8. The van der Waals surface area contributed by atoms with Crippen molar-refractivity contribution in [3.05, 3.63) is 24.3 Å². The van der Waals surface area contributed by atoms with Gasteiger partial charge in [-0.1, -0.05) is 13.2 Å². The summed E-state index contributed by atoms with van der Waals surface area (Å²) in [6.07, 6.45) is 0. The lowest BCUT2D eigenvalue weighted by atomic mass is 10.4. The van der Waals surface area contributed by atoms with Crippen LogP contribution in [0.15, 0.2) is 24.3 Å². The summed E-state index contributed by atoms with van der Waals surface area (Å²) >= 11 is 0. The van der Waals surface area contributed by atoms with Gasteiger partial charge in [0.15, 0.2) is 0 Å². The lowest BCUT2D eigenvalue weighted by molar-refractivity contribution is -0.141. The summed E-state index contributed by atoms with van der Waals surface area (Å²) in [5.74, 6) is -0.834. The van der Waals surface area contributed by atoms with E-state index in [4.69, 9.17) is 61.6 Å². The first-order chi connectivity index (χ1) is 22.9. The van der Waals surface area contributed by atoms with Gasteiger partial charge < -0.3 is 61.6 Å². The molecule has 0 spiro atoms. The molecule has 276 valence electrons. The maximum Gasteiger partial charge on any atom is 0.333 e. The van der Waals surface area contributed by atoms with E-state index < -0.39 is 11.9 Å². The number of ether oxygens (including phenoxy) is 13. The Morgan fingerprint density at radius 3 is 0.553 bits per heavy atom. The fourth-order valence-electron chi connectivity index (χ4n) is 2.93. The molecule has 0 aromatic carbocycles. The van der Waals surface area contributed by atoms with Gasteiger partial charge >= 0.3 is 11.9 Å². The largest absolute Gasteiger partial charge is 0.460 e. The highest BCUT2D eigenvalue weighted by Crippen LogP contribution is 1.93. The molecule has 0 N–H and O–H groups in total. The molecule has 0 rings (SSSR count). The smallest absolute Gasteiger partial charge is 0.333 e. The van der Waals surface area contributed by atoms with Gasteiger partial charge in [0.2, 0.25) is 0 Å². The third-order valence-corrected chi connectivity index (χ3v) is 5.34. The van der Waals surface area contributed by atoms with Gasteiger partial charge in [-0.05, 0) is 13.8 Å². The highest BCUT2D eigenvalue weighted by molar-refractivity contribution is 5.87. The number of hydrogen-bond acceptors (Lipinski definition) is 15. The summed E-state index contributed by atoms with van der Waals surface area (Å²) in [6.45, 7) is 20.6. The third-order valence-electron chi connectivity index (χ3n) is 5.34. The minimum atomic E-state index is -0.417. The number of carbonyl (C=O) groups is 2. The Morgan fingerprint density at radius 2 is 0.426 bits per heavy atom. The second-order valence-corrected chi connectivity index (χ2v) is 9.57. The van der Waals surface area contributed by atoms with Crippen LogP contribution in [0.2, 0.25) is 0 Å². The van der Waals surface area contributed by atoms with E-state index in [1.165, 1.54) is 0 Å². The van der Waals surface area contributed by atoms with Gasteiger partial charge in [0.1, 0.15) is 13.2 Å². The minimum Gasteiger partial charge on any atom is -0.460 e. The maximum absolute atomic E-state index is 11.2. The van der Waals surface area contributed by atoms with Gasteiger partial charge in [0.05, 0.1) is 145 Å². The molecule has 0 radical (unpaired) electrons. The van der Waals surface area contributed by atoms with Gasteiger partial charge in [-0.15, -0.1) is 0 Å². The molecular weight excluding hydrogens is 624 g/mol. The van der Waals surface area contributed by atoms with Crippen LogP contribution in [0.25, 0.3) is 0 Å². The predicted octanol–water partition coefficient (Wildman–Crippen LogP) is 1.41. The Balaban J connectivity index is 3.10. The predicted molar refractivity (Wildman–Crippen MR) is 171 cm³/mol. The molecule has 0 atom stereocenters. The van der Waals surface area contributed by atoms with Crippen LogP contribution in [0.4, 0.5) is 0 Å². The van der Waals surface area contributed by atoms with Gasteiger partial charge in [0, 0.05) is 11.1 Å². The van der Waals surface area contributed by atoms with Crippen molar-refractivity contribution in [2.75, 3.05) is 159 Å². The highest BCUT2D eigenvalue weighted by atomic mass is 16.6. The normalized spacial score (nSPS) is 11.1. The first-order valence-corrected chi connectivity index (χ1v) is 16.0. The summed E-state index contributed by atoms with van der Waals surface area (Å²) in [4.78, 5) is 22.4. The molecule has 0 aromatic rings. The van der Waals surface area contributed by atoms with Crippen LogP contribution >= 0.6 is 0 Å². The van der Waals surface area contributed by atoms with Gasteiger partial charge in [-0.2, -0.15) is 0 Å². The average Bonchev–Trinajstić information content (AvgIpc) is 3.05. The van der Waals surface area contributed by atoms with Crippen LogP contribution in [0.3, 0.4) is 0 Å². The van der Waals surface area contributed by atoms with E-state index in [0.717, 1.165) is 0 Å². The fourth-order valence-corrected chi connectivity index (χ4v) is 2.93. The van der Waals surface area contributed by atoms with E-state index in [-0.39, 0.29) is 13.2 Å². The topological polar surface area (TPSA) is 154 Å². The number of esters is 2. The van der Waals surface area contributed by atoms with Crippen molar-refractivity contribution in [3.63, 3.8) is 0 Å².